The first-order valence-electron chi connectivity index (χ1n) is 7.06. The van der Waals surface area contributed by atoms with Crippen molar-refractivity contribution in [3.05, 3.63) is 12.2 Å². The third-order valence-electron chi connectivity index (χ3n) is 3.81. The summed E-state index contributed by atoms with van der Waals surface area (Å²) in [5.74, 6) is 0. The quantitative estimate of drug-likeness (QED) is 0.542. The Hall–Kier alpha value is -0.380. The highest BCUT2D eigenvalue weighted by molar-refractivity contribution is 4.97. The van der Waals surface area contributed by atoms with Crippen molar-refractivity contribution in [3.63, 3.8) is 0 Å². The molecule has 0 amide bonds. The van der Waals surface area contributed by atoms with Crippen molar-refractivity contribution in [2.75, 3.05) is 26.3 Å². The maximum absolute atomic E-state index is 6.00. The molecule has 0 radical (unpaired) electrons. The highest BCUT2D eigenvalue weighted by Gasteiger charge is 2.38. The maximum Gasteiger partial charge on any atom is 0.0672 e. The molecule has 0 aromatic rings. The molecule has 1 saturated carbocycles. The lowest BCUT2D eigenvalue weighted by molar-refractivity contribution is 0.103. The molecule has 1 atom stereocenters. The Balaban J connectivity index is 2.34. The van der Waals surface area contributed by atoms with E-state index in [1.807, 2.05) is 6.92 Å². The average Bonchev–Trinajstić information content (AvgIpc) is 2.27. The van der Waals surface area contributed by atoms with Crippen LogP contribution in [0, 0.1) is 5.41 Å². The third-order valence-corrected chi connectivity index (χ3v) is 3.81. The topological polar surface area (TPSA) is 47.3 Å². The summed E-state index contributed by atoms with van der Waals surface area (Å²) in [7, 11) is 0. The minimum atomic E-state index is 0.119. The van der Waals surface area contributed by atoms with E-state index >= 15 is 0 Å². The fourth-order valence-corrected chi connectivity index (χ4v) is 3.03. The number of rotatable bonds is 7. The zero-order valence-corrected chi connectivity index (χ0v) is 12.3. The fraction of sp³-hybridized carbons (Fsp3) is 0.867. The minimum absolute atomic E-state index is 0.119. The van der Waals surface area contributed by atoms with Crippen LogP contribution in [0.4, 0.5) is 0 Å². The predicted octanol–water partition coefficient (Wildman–Crippen LogP) is 2.47. The Morgan fingerprint density at radius 2 is 2.11 bits per heavy atom. The zero-order valence-electron chi connectivity index (χ0n) is 12.3. The minimum Gasteiger partial charge on any atom is -0.376 e. The van der Waals surface area contributed by atoms with Gasteiger partial charge in [0.15, 0.2) is 0 Å². The van der Waals surface area contributed by atoms with E-state index in [1.165, 1.54) is 19.3 Å². The predicted molar refractivity (Wildman–Crippen MR) is 77.7 cm³/mol. The number of nitrogens with two attached hydrogens (primary N) is 1. The van der Waals surface area contributed by atoms with Crippen LogP contribution in [0.15, 0.2) is 12.2 Å². The van der Waals surface area contributed by atoms with Gasteiger partial charge >= 0.3 is 0 Å². The summed E-state index contributed by atoms with van der Waals surface area (Å²) in [6.45, 7) is 13.5. The molecule has 18 heavy (non-hydrogen) atoms. The van der Waals surface area contributed by atoms with Crippen LogP contribution >= 0.6 is 0 Å². The Labute approximate surface area is 112 Å². The second kappa shape index (κ2) is 6.69. The van der Waals surface area contributed by atoms with Crippen LogP contribution in [0.1, 0.15) is 46.5 Å². The van der Waals surface area contributed by atoms with E-state index in [2.05, 4.69) is 25.7 Å². The molecule has 0 aliphatic heterocycles. The highest BCUT2D eigenvalue weighted by atomic mass is 16.5. The molecule has 1 fully saturated rings. The number of hydrogen-bond donors (Lipinski definition) is 2. The normalized spacial score (nSPS) is 27.1. The molecule has 0 saturated heterocycles. The van der Waals surface area contributed by atoms with Crippen LogP contribution < -0.4 is 11.1 Å². The van der Waals surface area contributed by atoms with Crippen LogP contribution in [-0.2, 0) is 4.74 Å². The van der Waals surface area contributed by atoms with Gasteiger partial charge in [-0.3, -0.25) is 0 Å². The second-order valence-corrected chi connectivity index (χ2v) is 6.62. The molecule has 0 aromatic carbocycles. The zero-order chi connectivity index (χ0) is 13.6. The average molecular weight is 254 g/mol. The van der Waals surface area contributed by atoms with Gasteiger partial charge in [0.05, 0.1) is 13.2 Å². The van der Waals surface area contributed by atoms with E-state index in [0.717, 1.165) is 31.7 Å². The van der Waals surface area contributed by atoms with Crippen LogP contribution in [0.3, 0.4) is 0 Å². The molecule has 1 aliphatic rings. The molecule has 106 valence electrons. The van der Waals surface area contributed by atoms with Crippen molar-refractivity contribution >= 4 is 0 Å². The van der Waals surface area contributed by atoms with Crippen molar-refractivity contribution in [2.45, 2.75) is 52.0 Å². The van der Waals surface area contributed by atoms with Gasteiger partial charge < -0.3 is 15.8 Å². The second-order valence-electron chi connectivity index (χ2n) is 6.62. The van der Waals surface area contributed by atoms with E-state index in [-0.39, 0.29) is 5.54 Å². The molecular weight excluding hydrogens is 224 g/mol. The summed E-state index contributed by atoms with van der Waals surface area (Å²) in [5, 5.41) is 3.63. The molecule has 3 nitrogen and oxygen atoms in total. The molecule has 1 unspecified atom stereocenters. The highest BCUT2D eigenvalue weighted by Crippen LogP contribution is 2.40. The summed E-state index contributed by atoms with van der Waals surface area (Å²) in [6, 6.07) is 0. The van der Waals surface area contributed by atoms with Crippen LogP contribution in [-0.4, -0.2) is 31.8 Å². The molecule has 3 heteroatoms. The molecule has 0 spiro atoms. The lowest BCUT2D eigenvalue weighted by Crippen LogP contribution is -2.56. The number of ether oxygens (including phenoxy) is 1. The van der Waals surface area contributed by atoms with E-state index in [9.17, 15) is 0 Å². The van der Waals surface area contributed by atoms with Crippen molar-refractivity contribution in [1.82, 2.24) is 5.32 Å². The summed E-state index contributed by atoms with van der Waals surface area (Å²) in [5.41, 5.74) is 7.60. The smallest absolute Gasteiger partial charge is 0.0672 e. The Bertz CT molecular complexity index is 276. The van der Waals surface area contributed by atoms with Crippen molar-refractivity contribution in [2.24, 2.45) is 11.1 Å². The Morgan fingerprint density at radius 3 is 2.67 bits per heavy atom. The lowest BCUT2D eigenvalue weighted by Gasteiger charge is -2.45. The molecule has 0 heterocycles. The van der Waals surface area contributed by atoms with Crippen molar-refractivity contribution < 1.29 is 4.74 Å². The van der Waals surface area contributed by atoms with Gasteiger partial charge in [-0.15, -0.1) is 0 Å². The van der Waals surface area contributed by atoms with Gasteiger partial charge in [-0.25, -0.2) is 0 Å². The molecule has 3 N–H and O–H groups in total. The first-order chi connectivity index (χ1) is 8.39. The van der Waals surface area contributed by atoms with Gasteiger partial charge in [0.2, 0.25) is 0 Å². The summed E-state index contributed by atoms with van der Waals surface area (Å²) < 4.78 is 5.52. The Kier molecular flexibility index (Phi) is 5.83. The van der Waals surface area contributed by atoms with E-state index in [0.29, 0.717) is 12.0 Å². The summed E-state index contributed by atoms with van der Waals surface area (Å²) in [6.07, 6.45) is 4.93. The van der Waals surface area contributed by atoms with Gasteiger partial charge in [-0.2, -0.15) is 0 Å². The van der Waals surface area contributed by atoms with Crippen LogP contribution in [0.5, 0.6) is 0 Å². The standard InChI is InChI=1S/C15H30N2O/c1-13(2)10-18-9-8-17-15(12-16)7-5-6-14(3,4)11-15/h17H,1,5-12,16H2,2-4H3. The maximum atomic E-state index is 6.00. The summed E-state index contributed by atoms with van der Waals surface area (Å²) >= 11 is 0. The van der Waals surface area contributed by atoms with E-state index in [1.54, 1.807) is 0 Å². The van der Waals surface area contributed by atoms with Gasteiger partial charge in [0, 0.05) is 18.6 Å². The number of nitrogens with one attached hydrogen (secondary N) is 1. The largest absolute Gasteiger partial charge is 0.376 e. The SMILES string of the molecule is C=C(C)COCCNC1(CN)CCCC(C)(C)C1. The summed E-state index contributed by atoms with van der Waals surface area (Å²) in [4.78, 5) is 0. The lowest BCUT2D eigenvalue weighted by atomic mass is 9.68. The van der Waals surface area contributed by atoms with Crippen molar-refractivity contribution in [3.8, 4) is 0 Å². The molecule has 0 aromatic heterocycles. The van der Waals surface area contributed by atoms with Gasteiger partial charge in [-0.05, 0) is 31.6 Å². The molecule has 1 rings (SSSR count). The Morgan fingerprint density at radius 1 is 1.39 bits per heavy atom. The number of hydrogen-bond acceptors (Lipinski definition) is 3. The van der Waals surface area contributed by atoms with Gasteiger partial charge in [0.25, 0.3) is 0 Å². The first kappa shape index (κ1) is 15.7. The van der Waals surface area contributed by atoms with Crippen LogP contribution in [0.2, 0.25) is 0 Å². The van der Waals surface area contributed by atoms with Crippen molar-refractivity contribution in [1.29, 1.82) is 0 Å². The first-order valence-corrected chi connectivity index (χ1v) is 7.06. The fourth-order valence-electron chi connectivity index (χ4n) is 3.03. The van der Waals surface area contributed by atoms with Gasteiger partial charge in [0.1, 0.15) is 0 Å². The van der Waals surface area contributed by atoms with E-state index < -0.39 is 0 Å². The van der Waals surface area contributed by atoms with Gasteiger partial charge in [-0.1, -0.05) is 32.4 Å². The molecule has 1 aliphatic carbocycles. The molecular formula is C15H30N2O. The third kappa shape index (κ3) is 5.09. The van der Waals surface area contributed by atoms with Crippen LogP contribution in [0.25, 0.3) is 0 Å². The molecule has 0 bridgehead atoms. The van der Waals surface area contributed by atoms with E-state index in [4.69, 9.17) is 10.5 Å². The monoisotopic (exact) mass is 254 g/mol.